The molecule has 0 unspecified atom stereocenters. The van der Waals surface area contributed by atoms with Gasteiger partial charge in [0, 0.05) is 4.47 Å². The zero-order valence-electron chi connectivity index (χ0n) is 10.9. The van der Waals surface area contributed by atoms with E-state index in [1.807, 2.05) is 13.8 Å². The molecule has 19 heavy (non-hydrogen) atoms. The second-order valence-electron chi connectivity index (χ2n) is 4.18. The van der Waals surface area contributed by atoms with Crippen LogP contribution in [0.2, 0.25) is 0 Å². The number of alkyl halides is 2. The average molecular weight is 337 g/mol. The van der Waals surface area contributed by atoms with Crippen LogP contribution in [-0.4, -0.2) is 18.7 Å². The van der Waals surface area contributed by atoms with Gasteiger partial charge in [0.25, 0.3) is 0 Å². The van der Waals surface area contributed by atoms with E-state index in [0.29, 0.717) is 5.56 Å². The van der Waals surface area contributed by atoms with Crippen LogP contribution in [0.15, 0.2) is 22.7 Å². The third-order valence-electron chi connectivity index (χ3n) is 2.35. The van der Waals surface area contributed by atoms with Gasteiger partial charge in [0.15, 0.2) is 0 Å². The normalized spacial score (nSPS) is 11.5. The highest BCUT2D eigenvalue weighted by Gasteiger charge is 2.44. The van der Waals surface area contributed by atoms with Crippen LogP contribution in [0.3, 0.4) is 0 Å². The summed E-state index contributed by atoms with van der Waals surface area (Å²) in [6, 6.07) is 4.65. The Bertz CT molecular complexity index is 461. The van der Waals surface area contributed by atoms with E-state index in [-0.39, 0.29) is 18.3 Å². The van der Waals surface area contributed by atoms with E-state index >= 15 is 0 Å². The van der Waals surface area contributed by atoms with Crippen LogP contribution in [0.5, 0.6) is 5.75 Å². The molecular weight excluding hydrogens is 322 g/mol. The molecule has 0 atom stereocenters. The summed E-state index contributed by atoms with van der Waals surface area (Å²) in [5.41, 5.74) is 0.582. The van der Waals surface area contributed by atoms with Crippen molar-refractivity contribution in [2.45, 2.75) is 32.8 Å². The molecule has 106 valence electrons. The van der Waals surface area contributed by atoms with Crippen LogP contribution < -0.4 is 4.74 Å². The number of benzene rings is 1. The Hall–Kier alpha value is -1.17. The molecule has 0 fully saturated rings. The van der Waals surface area contributed by atoms with E-state index in [9.17, 15) is 13.6 Å². The van der Waals surface area contributed by atoms with Crippen LogP contribution in [0.4, 0.5) is 8.78 Å². The first-order chi connectivity index (χ1) is 8.77. The molecule has 0 heterocycles. The fourth-order valence-electron chi connectivity index (χ4n) is 1.46. The number of carbonyl (C=O) groups is 1. The van der Waals surface area contributed by atoms with E-state index in [2.05, 4.69) is 25.4 Å². The van der Waals surface area contributed by atoms with Gasteiger partial charge in [-0.05, 0) is 36.6 Å². The maximum absolute atomic E-state index is 13.5. The van der Waals surface area contributed by atoms with Crippen molar-refractivity contribution >= 4 is 21.9 Å². The molecule has 0 aliphatic carbocycles. The Morgan fingerprint density at radius 1 is 1.42 bits per heavy atom. The zero-order chi connectivity index (χ0) is 14.6. The smallest absolute Gasteiger partial charge is 0.459 e. The van der Waals surface area contributed by atoms with Crippen molar-refractivity contribution < 1.29 is 23.0 Å². The standard InChI is InChI=1S/C13H15BrF2O3/c1-4-18-12(17)13(15,16)19-11-6-5-9(14)7-10(11)8(2)3/h5-8H,4H2,1-3H3. The van der Waals surface area contributed by atoms with E-state index in [4.69, 9.17) is 0 Å². The van der Waals surface area contributed by atoms with Gasteiger partial charge in [-0.1, -0.05) is 29.8 Å². The van der Waals surface area contributed by atoms with Gasteiger partial charge >= 0.3 is 12.1 Å². The third kappa shape index (κ3) is 4.16. The van der Waals surface area contributed by atoms with Crippen molar-refractivity contribution in [3.63, 3.8) is 0 Å². The van der Waals surface area contributed by atoms with E-state index in [0.717, 1.165) is 4.47 Å². The molecule has 0 aromatic heterocycles. The molecule has 0 amide bonds. The maximum atomic E-state index is 13.5. The Morgan fingerprint density at radius 3 is 2.58 bits per heavy atom. The molecule has 0 bridgehead atoms. The van der Waals surface area contributed by atoms with E-state index < -0.39 is 12.1 Å². The van der Waals surface area contributed by atoms with E-state index in [1.165, 1.54) is 13.0 Å². The summed E-state index contributed by atoms with van der Waals surface area (Å²) in [6.45, 7) is 5.01. The molecule has 0 aliphatic heterocycles. The SMILES string of the molecule is CCOC(=O)C(F)(F)Oc1ccc(Br)cc1C(C)C. The van der Waals surface area contributed by atoms with Gasteiger partial charge in [0.2, 0.25) is 0 Å². The second kappa shape index (κ2) is 6.32. The van der Waals surface area contributed by atoms with Crippen molar-refractivity contribution in [3.05, 3.63) is 28.2 Å². The van der Waals surface area contributed by atoms with Gasteiger partial charge in [-0.25, -0.2) is 4.79 Å². The van der Waals surface area contributed by atoms with Crippen molar-refractivity contribution in [1.29, 1.82) is 0 Å². The summed E-state index contributed by atoms with van der Waals surface area (Å²) in [5.74, 6) is -1.74. The molecule has 1 rings (SSSR count). The average Bonchev–Trinajstić information content (AvgIpc) is 2.31. The number of ether oxygens (including phenoxy) is 2. The van der Waals surface area contributed by atoms with Gasteiger partial charge < -0.3 is 9.47 Å². The van der Waals surface area contributed by atoms with Gasteiger partial charge in [0.05, 0.1) is 6.61 Å². The molecule has 0 radical (unpaired) electrons. The first kappa shape index (κ1) is 15.9. The minimum absolute atomic E-state index is 0.0227. The molecule has 0 spiro atoms. The highest BCUT2D eigenvalue weighted by atomic mass is 79.9. The zero-order valence-corrected chi connectivity index (χ0v) is 12.5. The minimum Gasteiger partial charge on any atom is -0.459 e. The molecule has 0 aliphatic rings. The number of carbonyl (C=O) groups excluding carboxylic acids is 1. The second-order valence-corrected chi connectivity index (χ2v) is 5.09. The minimum atomic E-state index is -3.99. The summed E-state index contributed by atoms with van der Waals surface area (Å²) >= 11 is 3.26. The van der Waals surface area contributed by atoms with Crippen molar-refractivity contribution in [2.24, 2.45) is 0 Å². The summed E-state index contributed by atoms with van der Waals surface area (Å²) in [6.07, 6.45) is -3.99. The lowest BCUT2D eigenvalue weighted by Gasteiger charge is -2.19. The monoisotopic (exact) mass is 336 g/mol. The summed E-state index contributed by atoms with van der Waals surface area (Å²) in [7, 11) is 0. The lowest BCUT2D eigenvalue weighted by Crippen LogP contribution is -2.37. The summed E-state index contributed by atoms with van der Waals surface area (Å²) < 4.78 is 36.6. The van der Waals surface area contributed by atoms with E-state index in [1.54, 1.807) is 12.1 Å². The number of halogens is 3. The third-order valence-corrected chi connectivity index (χ3v) is 2.84. The van der Waals surface area contributed by atoms with Crippen LogP contribution in [0, 0.1) is 0 Å². The molecule has 1 aromatic rings. The van der Waals surface area contributed by atoms with Gasteiger partial charge in [0.1, 0.15) is 5.75 Å². The molecule has 1 aromatic carbocycles. The lowest BCUT2D eigenvalue weighted by atomic mass is 10.0. The van der Waals surface area contributed by atoms with Gasteiger partial charge in [-0.3, -0.25) is 0 Å². The van der Waals surface area contributed by atoms with Crippen molar-refractivity contribution in [2.75, 3.05) is 6.61 Å². The summed E-state index contributed by atoms with van der Waals surface area (Å²) in [4.78, 5) is 11.1. The van der Waals surface area contributed by atoms with Crippen LogP contribution in [-0.2, 0) is 9.53 Å². The molecule has 0 saturated carbocycles. The number of rotatable bonds is 5. The fraction of sp³-hybridized carbons (Fsp3) is 0.462. The quantitative estimate of drug-likeness (QED) is 0.759. The molecule has 3 nitrogen and oxygen atoms in total. The predicted octanol–water partition coefficient (Wildman–Crippen LogP) is 4.11. The van der Waals surface area contributed by atoms with Crippen LogP contribution in [0.1, 0.15) is 32.3 Å². The number of hydrogen-bond acceptors (Lipinski definition) is 3. The molecule has 0 N–H and O–H groups in total. The van der Waals surface area contributed by atoms with Crippen LogP contribution in [0.25, 0.3) is 0 Å². The fourth-order valence-corrected chi connectivity index (χ4v) is 1.84. The highest BCUT2D eigenvalue weighted by Crippen LogP contribution is 2.33. The Morgan fingerprint density at radius 2 is 2.05 bits per heavy atom. The van der Waals surface area contributed by atoms with Crippen LogP contribution >= 0.6 is 15.9 Å². The molecule has 6 heteroatoms. The Labute approximate surface area is 119 Å². The Kier molecular flexibility index (Phi) is 5.29. The summed E-state index contributed by atoms with van der Waals surface area (Å²) in [5, 5.41) is 0. The predicted molar refractivity (Wildman–Crippen MR) is 70.4 cm³/mol. The largest absolute Gasteiger partial charge is 0.502 e. The number of esters is 1. The maximum Gasteiger partial charge on any atom is 0.502 e. The first-order valence-electron chi connectivity index (χ1n) is 5.81. The lowest BCUT2D eigenvalue weighted by molar-refractivity contribution is -0.216. The number of hydrogen-bond donors (Lipinski definition) is 0. The van der Waals surface area contributed by atoms with Crippen molar-refractivity contribution in [1.82, 2.24) is 0 Å². The van der Waals surface area contributed by atoms with Gasteiger partial charge in [-0.15, -0.1) is 0 Å². The Balaban J connectivity index is 3.01. The molecule has 0 saturated heterocycles. The van der Waals surface area contributed by atoms with Gasteiger partial charge in [-0.2, -0.15) is 8.78 Å². The topological polar surface area (TPSA) is 35.5 Å². The first-order valence-corrected chi connectivity index (χ1v) is 6.60. The van der Waals surface area contributed by atoms with Crippen molar-refractivity contribution in [3.8, 4) is 5.75 Å². The molecular formula is C13H15BrF2O3. The highest BCUT2D eigenvalue weighted by molar-refractivity contribution is 9.10.